The minimum absolute atomic E-state index is 0.0641. The molecule has 0 amide bonds. The molecule has 0 saturated heterocycles. The van der Waals surface area contributed by atoms with Gasteiger partial charge in [-0.25, -0.2) is 8.78 Å². The third-order valence-electron chi connectivity index (χ3n) is 2.61. The van der Waals surface area contributed by atoms with Crippen LogP contribution in [0, 0.1) is 11.6 Å². The second-order valence-corrected chi connectivity index (χ2v) is 5.29. The summed E-state index contributed by atoms with van der Waals surface area (Å²) in [5, 5.41) is 0.666. The third-order valence-corrected chi connectivity index (χ3v) is 3.98. The molecule has 2 aromatic rings. The van der Waals surface area contributed by atoms with Gasteiger partial charge in [0.25, 0.3) is 0 Å². The van der Waals surface area contributed by atoms with E-state index in [1.807, 2.05) is 12.1 Å². The summed E-state index contributed by atoms with van der Waals surface area (Å²) < 4.78 is 33.2. The average molecular weight is 392 g/mol. The molecule has 100 valence electrons. The number of benzene rings is 2. The molecule has 2 aromatic carbocycles. The third kappa shape index (κ3) is 3.54. The first-order chi connectivity index (χ1) is 9.11. The van der Waals surface area contributed by atoms with E-state index in [0.29, 0.717) is 11.1 Å². The van der Waals surface area contributed by atoms with Gasteiger partial charge in [-0.1, -0.05) is 37.9 Å². The van der Waals surface area contributed by atoms with Gasteiger partial charge in [-0.05, 0) is 35.9 Å². The van der Waals surface area contributed by atoms with E-state index in [9.17, 15) is 8.78 Å². The normalized spacial score (nSPS) is 10.5. The SMILES string of the molecule is Fc1cccc(F)c1COc1ccc(Br)c(CBr)c1. The van der Waals surface area contributed by atoms with Gasteiger partial charge in [0.2, 0.25) is 0 Å². The Bertz CT molecular complexity index is 567. The molecule has 19 heavy (non-hydrogen) atoms. The molecule has 1 nitrogen and oxygen atoms in total. The molecular formula is C14H10Br2F2O. The molecule has 0 bridgehead atoms. The second kappa shape index (κ2) is 6.48. The number of halogens is 4. The summed E-state index contributed by atoms with van der Waals surface area (Å²) in [6.45, 7) is -0.137. The van der Waals surface area contributed by atoms with E-state index < -0.39 is 11.6 Å². The minimum Gasteiger partial charge on any atom is -0.489 e. The maximum atomic E-state index is 13.4. The van der Waals surface area contributed by atoms with Crippen LogP contribution in [-0.2, 0) is 11.9 Å². The van der Waals surface area contributed by atoms with Crippen LogP contribution in [0.5, 0.6) is 5.75 Å². The highest BCUT2D eigenvalue weighted by Crippen LogP contribution is 2.25. The van der Waals surface area contributed by atoms with Gasteiger partial charge in [0.05, 0.1) is 5.56 Å². The Kier molecular flexibility index (Phi) is 4.93. The van der Waals surface area contributed by atoms with Crippen LogP contribution in [-0.4, -0.2) is 0 Å². The molecule has 0 aliphatic heterocycles. The van der Waals surface area contributed by atoms with Gasteiger partial charge in [0.15, 0.2) is 0 Å². The van der Waals surface area contributed by atoms with Gasteiger partial charge in [-0.15, -0.1) is 0 Å². The highest BCUT2D eigenvalue weighted by molar-refractivity contribution is 9.10. The molecular weight excluding hydrogens is 382 g/mol. The molecule has 0 atom stereocenters. The smallest absolute Gasteiger partial charge is 0.132 e. The highest BCUT2D eigenvalue weighted by atomic mass is 79.9. The molecule has 0 fully saturated rings. The minimum atomic E-state index is -0.599. The van der Waals surface area contributed by atoms with E-state index >= 15 is 0 Å². The van der Waals surface area contributed by atoms with E-state index in [-0.39, 0.29) is 12.2 Å². The van der Waals surface area contributed by atoms with Crippen LogP contribution in [0.15, 0.2) is 40.9 Å². The molecule has 0 aliphatic carbocycles. The quantitative estimate of drug-likeness (QED) is 0.650. The first kappa shape index (κ1) is 14.5. The maximum Gasteiger partial charge on any atom is 0.132 e. The number of alkyl halides is 1. The molecule has 0 unspecified atom stereocenters. The summed E-state index contributed by atoms with van der Waals surface area (Å²) in [5.74, 6) is -0.629. The molecule has 0 aromatic heterocycles. The highest BCUT2D eigenvalue weighted by Gasteiger charge is 2.09. The Balaban J connectivity index is 2.15. The predicted molar refractivity (Wildman–Crippen MR) is 77.5 cm³/mol. The van der Waals surface area contributed by atoms with Gasteiger partial charge in [0, 0.05) is 9.80 Å². The molecule has 0 heterocycles. The standard InChI is InChI=1S/C14H10Br2F2O/c15-7-9-6-10(4-5-12(9)16)19-8-11-13(17)2-1-3-14(11)18/h1-6H,7-8H2. The number of hydrogen-bond donors (Lipinski definition) is 0. The largest absolute Gasteiger partial charge is 0.489 e. The van der Waals surface area contributed by atoms with Crippen LogP contribution in [0.2, 0.25) is 0 Å². The van der Waals surface area contributed by atoms with E-state index in [0.717, 1.165) is 10.0 Å². The number of ether oxygens (including phenoxy) is 1. The molecule has 0 radical (unpaired) electrons. The summed E-state index contributed by atoms with van der Waals surface area (Å²) in [7, 11) is 0. The fourth-order valence-electron chi connectivity index (χ4n) is 1.57. The summed E-state index contributed by atoms with van der Waals surface area (Å²) in [4.78, 5) is 0. The van der Waals surface area contributed by atoms with Gasteiger partial charge in [0.1, 0.15) is 24.0 Å². The lowest BCUT2D eigenvalue weighted by atomic mass is 10.2. The van der Waals surface area contributed by atoms with Crippen molar-refractivity contribution in [3.05, 3.63) is 63.6 Å². The van der Waals surface area contributed by atoms with E-state index in [2.05, 4.69) is 31.9 Å². The van der Waals surface area contributed by atoms with Gasteiger partial charge >= 0.3 is 0 Å². The van der Waals surface area contributed by atoms with Crippen LogP contribution in [0.25, 0.3) is 0 Å². The van der Waals surface area contributed by atoms with Gasteiger partial charge in [-0.3, -0.25) is 0 Å². The van der Waals surface area contributed by atoms with Crippen molar-refractivity contribution in [3.8, 4) is 5.75 Å². The maximum absolute atomic E-state index is 13.4. The van der Waals surface area contributed by atoms with Crippen molar-refractivity contribution in [2.24, 2.45) is 0 Å². The summed E-state index contributed by atoms with van der Waals surface area (Å²) in [6, 6.07) is 9.16. The van der Waals surface area contributed by atoms with Crippen molar-refractivity contribution in [1.29, 1.82) is 0 Å². The van der Waals surface area contributed by atoms with Crippen molar-refractivity contribution in [2.75, 3.05) is 0 Å². The lowest BCUT2D eigenvalue weighted by molar-refractivity contribution is 0.292. The van der Waals surface area contributed by atoms with Crippen molar-refractivity contribution >= 4 is 31.9 Å². The fourth-order valence-corrected chi connectivity index (χ4v) is 2.80. The number of hydrogen-bond acceptors (Lipinski definition) is 1. The molecule has 0 aliphatic rings. The molecule has 2 rings (SSSR count). The number of rotatable bonds is 4. The molecule has 0 spiro atoms. The monoisotopic (exact) mass is 390 g/mol. The van der Waals surface area contributed by atoms with Crippen LogP contribution < -0.4 is 4.74 Å². The first-order valence-corrected chi connectivity index (χ1v) is 7.43. The van der Waals surface area contributed by atoms with E-state index in [1.54, 1.807) is 6.07 Å². The van der Waals surface area contributed by atoms with Crippen molar-refractivity contribution in [2.45, 2.75) is 11.9 Å². The second-order valence-electron chi connectivity index (χ2n) is 3.88. The lowest BCUT2D eigenvalue weighted by Gasteiger charge is -2.10. The van der Waals surface area contributed by atoms with Crippen LogP contribution >= 0.6 is 31.9 Å². The molecule has 0 N–H and O–H groups in total. The zero-order valence-electron chi connectivity index (χ0n) is 9.80. The Hall–Kier alpha value is -0.940. The Morgan fingerprint density at radius 3 is 2.37 bits per heavy atom. The van der Waals surface area contributed by atoms with Crippen molar-refractivity contribution in [1.82, 2.24) is 0 Å². The van der Waals surface area contributed by atoms with E-state index in [1.165, 1.54) is 18.2 Å². The van der Waals surface area contributed by atoms with Gasteiger partial charge in [-0.2, -0.15) is 0 Å². The fraction of sp³-hybridized carbons (Fsp3) is 0.143. The average Bonchev–Trinajstić information content (AvgIpc) is 2.40. The van der Waals surface area contributed by atoms with Gasteiger partial charge < -0.3 is 4.74 Å². The Labute approximate surface area is 126 Å². The van der Waals surface area contributed by atoms with Crippen LogP contribution in [0.1, 0.15) is 11.1 Å². The van der Waals surface area contributed by atoms with Crippen molar-refractivity contribution < 1.29 is 13.5 Å². The predicted octanol–water partition coefficient (Wildman–Crippen LogP) is 5.20. The lowest BCUT2D eigenvalue weighted by Crippen LogP contribution is -2.02. The molecule has 0 saturated carbocycles. The zero-order valence-corrected chi connectivity index (χ0v) is 13.0. The topological polar surface area (TPSA) is 9.23 Å². The Morgan fingerprint density at radius 2 is 1.74 bits per heavy atom. The summed E-state index contributed by atoms with van der Waals surface area (Å²) in [5.41, 5.74) is 0.942. The summed E-state index contributed by atoms with van der Waals surface area (Å²) >= 11 is 6.76. The van der Waals surface area contributed by atoms with Crippen LogP contribution in [0.3, 0.4) is 0 Å². The van der Waals surface area contributed by atoms with Crippen molar-refractivity contribution in [3.63, 3.8) is 0 Å². The Morgan fingerprint density at radius 1 is 1.05 bits per heavy atom. The van der Waals surface area contributed by atoms with Crippen LogP contribution in [0.4, 0.5) is 8.78 Å². The molecule has 5 heteroatoms. The summed E-state index contributed by atoms with van der Waals surface area (Å²) in [6.07, 6.45) is 0. The van der Waals surface area contributed by atoms with E-state index in [4.69, 9.17) is 4.74 Å². The first-order valence-electron chi connectivity index (χ1n) is 5.52. The zero-order chi connectivity index (χ0) is 13.8.